The summed E-state index contributed by atoms with van der Waals surface area (Å²) in [6, 6.07) is 7.27. The van der Waals surface area contributed by atoms with Gasteiger partial charge in [0, 0.05) is 16.3 Å². The Morgan fingerprint density at radius 1 is 1.29 bits per heavy atom. The fraction of sp³-hybridized carbons (Fsp3) is 0.385. The van der Waals surface area contributed by atoms with Crippen molar-refractivity contribution in [1.82, 2.24) is 4.72 Å². The lowest BCUT2D eigenvalue weighted by Crippen LogP contribution is -2.23. The Hall–Kier alpha value is -0.120. The molecule has 0 bridgehead atoms. The minimum Gasteiger partial charge on any atom is -0.324 e. The van der Waals surface area contributed by atoms with Gasteiger partial charge in [-0.25, -0.2) is 8.42 Å². The van der Waals surface area contributed by atoms with Crippen LogP contribution in [0.5, 0.6) is 0 Å². The molecule has 0 saturated heterocycles. The molecule has 11 heteroatoms. The van der Waals surface area contributed by atoms with Crippen molar-refractivity contribution in [3.63, 3.8) is 0 Å². The number of hydrogen-bond donors (Lipinski definition) is 3. The van der Waals surface area contributed by atoms with Gasteiger partial charge in [0.05, 0.1) is 0 Å². The van der Waals surface area contributed by atoms with Crippen LogP contribution in [0.15, 0.2) is 28.5 Å². The molecule has 2 rings (SSSR count). The van der Waals surface area contributed by atoms with E-state index in [1.165, 1.54) is 6.07 Å². The average Bonchev–Trinajstić information content (AvgIpc) is 2.93. The summed E-state index contributed by atoms with van der Waals surface area (Å²) in [6.07, 6.45) is 0.0343. The first kappa shape index (κ1) is 20.2. The lowest BCUT2D eigenvalue weighted by molar-refractivity contribution is 0.371. The Morgan fingerprint density at radius 2 is 2.04 bits per heavy atom. The molecule has 0 amide bonds. The van der Waals surface area contributed by atoms with Crippen LogP contribution in [0.2, 0.25) is 0 Å². The highest BCUT2D eigenvalue weighted by Gasteiger charge is 2.22. The Labute approximate surface area is 153 Å². The third kappa shape index (κ3) is 6.00. The predicted octanol–water partition coefficient (Wildman–Crippen LogP) is 3.18. The van der Waals surface area contributed by atoms with E-state index in [0.717, 1.165) is 44.9 Å². The maximum atomic E-state index is 12.1. The van der Waals surface area contributed by atoms with Gasteiger partial charge in [-0.2, -0.15) is 16.5 Å². The molecule has 3 N–H and O–H groups in total. The zero-order valence-corrected chi connectivity index (χ0v) is 16.6. The highest BCUT2D eigenvalue weighted by atomic mass is 35.5. The van der Waals surface area contributed by atoms with Crippen molar-refractivity contribution in [2.24, 2.45) is 0 Å². The van der Waals surface area contributed by atoms with Gasteiger partial charge in [-0.15, -0.1) is 22.9 Å². The predicted molar refractivity (Wildman–Crippen MR) is 101 cm³/mol. The number of nitrogens with one attached hydrogen (secondary N) is 1. The molecule has 0 aliphatic rings. The van der Waals surface area contributed by atoms with Crippen LogP contribution >= 0.6 is 42.3 Å². The van der Waals surface area contributed by atoms with Crippen molar-refractivity contribution in [2.75, 3.05) is 17.9 Å². The third-order valence-electron chi connectivity index (χ3n) is 2.97. The summed E-state index contributed by atoms with van der Waals surface area (Å²) in [6.45, 7) is 0. The van der Waals surface area contributed by atoms with Gasteiger partial charge in [0.25, 0.3) is 10.0 Å². The van der Waals surface area contributed by atoms with Crippen molar-refractivity contribution in [3.05, 3.63) is 29.8 Å². The van der Waals surface area contributed by atoms with Crippen molar-refractivity contribution in [1.29, 1.82) is 0 Å². The molecule has 0 aliphatic carbocycles. The van der Waals surface area contributed by atoms with E-state index in [0.29, 0.717) is 5.88 Å². The van der Waals surface area contributed by atoms with E-state index < -0.39 is 23.9 Å². The van der Waals surface area contributed by atoms with Crippen molar-refractivity contribution in [2.45, 2.75) is 16.4 Å². The first-order valence-corrected chi connectivity index (χ1v) is 12.7. The fourth-order valence-corrected chi connectivity index (χ4v) is 6.51. The van der Waals surface area contributed by atoms with E-state index in [2.05, 4.69) is 0 Å². The molecule has 0 saturated carbocycles. The van der Waals surface area contributed by atoms with E-state index in [9.17, 15) is 13.0 Å². The first-order valence-electron chi connectivity index (χ1n) is 6.92. The second kappa shape index (κ2) is 8.51. The molecule has 2 aromatic rings. The van der Waals surface area contributed by atoms with Crippen LogP contribution in [0.4, 0.5) is 0 Å². The van der Waals surface area contributed by atoms with Crippen LogP contribution in [-0.2, 0) is 20.3 Å². The summed E-state index contributed by atoms with van der Waals surface area (Å²) < 4.78 is 37.9. The molecule has 0 spiro atoms. The quantitative estimate of drug-likeness (QED) is 0.321. The number of fused-ring (bicyclic) bond motifs is 1. The van der Waals surface area contributed by atoms with Gasteiger partial charge in [-0.1, -0.05) is 6.07 Å². The topological polar surface area (TPSA) is 104 Å². The van der Waals surface area contributed by atoms with E-state index in [1.54, 1.807) is 11.8 Å². The first-order chi connectivity index (χ1) is 11.2. The molecule has 0 fully saturated rings. The number of alkyl halides is 1. The molecule has 0 radical (unpaired) electrons. The maximum absolute atomic E-state index is 12.1. The van der Waals surface area contributed by atoms with Gasteiger partial charge in [-0.3, -0.25) is 4.57 Å². The van der Waals surface area contributed by atoms with E-state index in [4.69, 9.17) is 21.4 Å². The standard InChI is InChI=1S/C13H17ClNO5PS3/c14-4-1-5-22-8-10-2-3-12-11(6-10)7-13(23-12)24(19,20)15-9-21(16,17)18/h2-3,6-7,15H,1,4-5,8-9H2,(H2,16,17,18). The van der Waals surface area contributed by atoms with Crippen LogP contribution in [0.25, 0.3) is 10.1 Å². The lowest BCUT2D eigenvalue weighted by Gasteiger charge is -2.05. The molecule has 1 heterocycles. The summed E-state index contributed by atoms with van der Waals surface area (Å²) in [5.41, 5.74) is 1.09. The SMILES string of the molecule is O=P(O)(O)CNS(=O)(=O)c1cc2cc(CSCCCCl)ccc2s1. The monoisotopic (exact) mass is 429 g/mol. The zero-order valence-electron chi connectivity index (χ0n) is 12.5. The van der Waals surface area contributed by atoms with Gasteiger partial charge >= 0.3 is 7.60 Å². The minimum atomic E-state index is -4.44. The summed E-state index contributed by atoms with van der Waals surface area (Å²) in [4.78, 5) is 17.6. The highest BCUT2D eigenvalue weighted by molar-refractivity contribution is 7.98. The second-order valence-corrected chi connectivity index (χ2v) is 11.2. The van der Waals surface area contributed by atoms with E-state index in [-0.39, 0.29) is 4.21 Å². The van der Waals surface area contributed by atoms with Crippen molar-refractivity contribution >= 4 is 62.4 Å². The van der Waals surface area contributed by atoms with Gasteiger partial charge < -0.3 is 9.79 Å². The number of rotatable bonds is 9. The van der Waals surface area contributed by atoms with Crippen LogP contribution in [-0.4, -0.2) is 36.1 Å². The van der Waals surface area contributed by atoms with Gasteiger partial charge in [-0.05, 0) is 41.3 Å². The summed E-state index contributed by atoms with van der Waals surface area (Å²) in [5, 5.41) is 0.798. The normalized spacial score (nSPS) is 12.8. The van der Waals surface area contributed by atoms with Gasteiger partial charge in [0.2, 0.25) is 0 Å². The molecule has 0 unspecified atom stereocenters. The van der Waals surface area contributed by atoms with Crippen LogP contribution < -0.4 is 4.72 Å². The van der Waals surface area contributed by atoms with Crippen LogP contribution in [0.3, 0.4) is 0 Å². The number of thiophene rings is 1. The highest BCUT2D eigenvalue weighted by Crippen LogP contribution is 2.34. The second-order valence-electron chi connectivity index (χ2n) is 5.00. The fourth-order valence-electron chi connectivity index (χ4n) is 1.88. The van der Waals surface area contributed by atoms with E-state index >= 15 is 0 Å². The Morgan fingerprint density at radius 3 is 2.71 bits per heavy atom. The number of benzene rings is 1. The number of sulfonamides is 1. The average molecular weight is 430 g/mol. The molecular weight excluding hydrogens is 413 g/mol. The van der Waals surface area contributed by atoms with Crippen LogP contribution in [0, 0.1) is 0 Å². The number of halogens is 1. The molecule has 0 atom stereocenters. The van der Waals surface area contributed by atoms with Crippen molar-refractivity contribution in [3.8, 4) is 0 Å². The van der Waals surface area contributed by atoms with E-state index in [1.807, 2.05) is 22.9 Å². The molecule has 0 aliphatic heterocycles. The van der Waals surface area contributed by atoms with Crippen LogP contribution in [0.1, 0.15) is 12.0 Å². The number of hydrogen-bond acceptors (Lipinski definition) is 5. The molecule has 24 heavy (non-hydrogen) atoms. The third-order valence-corrected chi connectivity index (χ3v) is 8.13. The Bertz CT molecular complexity index is 848. The minimum absolute atomic E-state index is 0.0397. The molecular formula is C13H17ClNO5PS3. The molecule has 1 aromatic heterocycles. The molecule has 6 nitrogen and oxygen atoms in total. The summed E-state index contributed by atoms with van der Waals surface area (Å²) >= 11 is 8.47. The number of thioether (sulfide) groups is 1. The molecule has 1 aromatic carbocycles. The summed E-state index contributed by atoms with van der Waals surface area (Å²) in [5.74, 6) is 2.43. The molecule has 134 valence electrons. The Kier molecular flexibility index (Phi) is 7.16. The maximum Gasteiger partial charge on any atom is 0.340 e. The van der Waals surface area contributed by atoms with Gasteiger partial charge in [0.1, 0.15) is 10.5 Å². The van der Waals surface area contributed by atoms with Gasteiger partial charge in [0.15, 0.2) is 0 Å². The largest absolute Gasteiger partial charge is 0.340 e. The smallest absolute Gasteiger partial charge is 0.324 e. The zero-order chi connectivity index (χ0) is 17.8. The van der Waals surface area contributed by atoms with Crippen molar-refractivity contribution < 1.29 is 22.8 Å². The summed E-state index contributed by atoms with van der Waals surface area (Å²) in [7, 11) is -8.38. The Balaban J connectivity index is 2.14. The lowest BCUT2D eigenvalue weighted by atomic mass is 10.2.